The van der Waals surface area contributed by atoms with Gasteiger partial charge in [0.05, 0.1) is 10.4 Å². The van der Waals surface area contributed by atoms with E-state index in [1.165, 1.54) is 12.3 Å². The Morgan fingerprint density at radius 3 is 2.67 bits per heavy atom. The van der Waals surface area contributed by atoms with Gasteiger partial charge < -0.3 is 0 Å². The molecule has 0 radical (unpaired) electrons. The molecule has 2 aromatic rings. The maximum Gasteiger partial charge on any atom is 0.238 e. The number of hydrogen-bond acceptors (Lipinski definition) is 3. The minimum Gasteiger partial charge on any atom is -0.256 e. The Morgan fingerprint density at radius 2 is 2.00 bits per heavy atom. The van der Waals surface area contributed by atoms with Gasteiger partial charge in [-0.05, 0) is 24.3 Å². The zero-order chi connectivity index (χ0) is 11.1. The largest absolute Gasteiger partial charge is 0.256 e. The highest BCUT2D eigenvalue weighted by atomic mass is 35.5. The average Bonchev–Trinajstić information content (AvgIpc) is 2.15. The maximum atomic E-state index is 11.2. The van der Waals surface area contributed by atoms with Gasteiger partial charge in [-0.15, -0.1) is 0 Å². The number of benzene rings is 1. The number of nitrogens with zero attached hydrogens (tertiary/aromatic N) is 1. The third kappa shape index (κ3) is 1.94. The number of sulfonamides is 1. The summed E-state index contributed by atoms with van der Waals surface area (Å²) >= 11 is 5.76. The zero-order valence-electron chi connectivity index (χ0n) is 7.51. The Morgan fingerprint density at radius 1 is 1.27 bits per heavy atom. The van der Waals surface area contributed by atoms with Crippen LogP contribution in [0.3, 0.4) is 0 Å². The number of aromatic nitrogens is 1. The van der Waals surface area contributed by atoms with E-state index in [2.05, 4.69) is 4.98 Å². The molecule has 15 heavy (non-hydrogen) atoms. The summed E-state index contributed by atoms with van der Waals surface area (Å²) in [7, 11) is -3.73. The van der Waals surface area contributed by atoms with Gasteiger partial charge in [0.2, 0.25) is 10.0 Å². The number of nitrogens with two attached hydrogens (primary N) is 1. The smallest absolute Gasteiger partial charge is 0.238 e. The van der Waals surface area contributed by atoms with Crippen molar-refractivity contribution in [2.45, 2.75) is 4.90 Å². The highest BCUT2D eigenvalue weighted by Crippen LogP contribution is 2.22. The molecule has 0 unspecified atom stereocenters. The van der Waals surface area contributed by atoms with Crippen molar-refractivity contribution >= 4 is 32.5 Å². The molecule has 1 heterocycles. The lowest BCUT2D eigenvalue weighted by atomic mass is 10.2. The number of primary sulfonamides is 1. The molecule has 2 rings (SSSR count). The number of pyridine rings is 1. The van der Waals surface area contributed by atoms with Gasteiger partial charge in [0.15, 0.2) is 0 Å². The molecule has 0 saturated heterocycles. The van der Waals surface area contributed by atoms with Gasteiger partial charge in [-0.25, -0.2) is 13.6 Å². The van der Waals surface area contributed by atoms with E-state index in [9.17, 15) is 8.42 Å². The second-order valence-corrected chi connectivity index (χ2v) is 4.98. The van der Waals surface area contributed by atoms with Crippen molar-refractivity contribution in [2.24, 2.45) is 5.14 Å². The molecule has 78 valence electrons. The van der Waals surface area contributed by atoms with Gasteiger partial charge in [0.25, 0.3) is 0 Å². The Labute approximate surface area is 91.7 Å². The molecule has 1 aromatic heterocycles. The van der Waals surface area contributed by atoms with Gasteiger partial charge in [0, 0.05) is 16.6 Å². The van der Waals surface area contributed by atoms with Crippen LogP contribution in [0.4, 0.5) is 0 Å². The van der Waals surface area contributed by atoms with Gasteiger partial charge in [-0.1, -0.05) is 11.6 Å². The van der Waals surface area contributed by atoms with Crippen LogP contribution in [0.2, 0.25) is 5.02 Å². The van der Waals surface area contributed by atoms with E-state index in [1.807, 2.05) is 0 Å². The van der Waals surface area contributed by atoms with Crippen LogP contribution in [0.15, 0.2) is 35.4 Å². The molecule has 0 fully saturated rings. The first-order valence-corrected chi connectivity index (χ1v) is 5.98. The summed E-state index contributed by atoms with van der Waals surface area (Å²) in [5, 5.41) is 6.05. The number of fused-ring (bicyclic) bond motifs is 1. The Balaban J connectivity index is 2.89. The summed E-state index contributed by atoms with van der Waals surface area (Å²) in [5.74, 6) is 0. The fraction of sp³-hybridized carbons (Fsp3) is 0. The van der Waals surface area contributed by atoms with Crippen molar-refractivity contribution in [3.63, 3.8) is 0 Å². The van der Waals surface area contributed by atoms with Crippen molar-refractivity contribution in [2.75, 3.05) is 0 Å². The normalized spacial score (nSPS) is 11.9. The maximum absolute atomic E-state index is 11.2. The van der Waals surface area contributed by atoms with E-state index in [0.29, 0.717) is 15.9 Å². The molecule has 1 aromatic carbocycles. The Hall–Kier alpha value is -1.17. The molecule has 6 heteroatoms. The number of rotatable bonds is 1. The lowest BCUT2D eigenvalue weighted by molar-refractivity contribution is 0.598. The van der Waals surface area contributed by atoms with Crippen LogP contribution < -0.4 is 5.14 Å². The Bertz CT molecular complexity index is 625. The summed E-state index contributed by atoms with van der Waals surface area (Å²) < 4.78 is 22.5. The molecular weight excluding hydrogens is 236 g/mol. The first-order chi connectivity index (χ1) is 6.98. The summed E-state index contributed by atoms with van der Waals surface area (Å²) in [4.78, 5) is 4.07. The van der Waals surface area contributed by atoms with E-state index < -0.39 is 10.0 Å². The molecule has 0 atom stereocenters. The first-order valence-electron chi connectivity index (χ1n) is 4.05. The topological polar surface area (TPSA) is 73.1 Å². The summed E-state index contributed by atoms with van der Waals surface area (Å²) in [6, 6.07) is 6.14. The van der Waals surface area contributed by atoms with E-state index in [4.69, 9.17) is 16.7 Å². The summed E-state index contributed by atoms with van der Waals surface area (Å²) in [6.45, 7) is 0. The highest BCUT2D eigenvalue weighted by molar-refractivity contribution is 7.89. The van der Waals surface area contributed by atoms with E-state index >= 15 is 0 Å². The average molecular weight is 243 g/mol. The summed E-state index contributed by atoms with van der Waals surface area (Å²) in [6.07, 6.45) is 1.39. The van der Waals surface area contributed by atoms with Crippen LogP contribution in [0.1, 0.15) is 0 Å². The van der Waals surface area contributed by atoms with Crippen molar-refractivity contribution < 1.29 is 8.42 Å². The van der Waals surface area contributed by atoms with Gasteiger partial charge >= 0.3 is 0 Å². The molecule has 0 bridgehead atoms. The number of halogens is 1. The van der Waals surface area contributed by atoms with Crippen LogP contribution in [0.25, 0.3) is 10.9 Å². The van der Waals surface area contributed by atoms with Crippen LogP contribution in [-0.2, 0) is 10.0 Å². The van der Waals surface area contributed by atoms with Crippen molar-refractivity contribution in [1.29, 1.82) is 0 Å². The highest BCUT2D eigenvalue weighted by Gasteiger charge is 2.12. The lowest BCUT2D eigenvalue weighted by Crippen LogP contribution is -2.12. The second kappa shape index (κ2) is 3.44. The van der Waals surface area contributed by atoms with Crippen LogP contribution >= 0.6 is 11.6 Å². The minimum absolute atomic E-state index is 0.0594. The minimum atomic E-state index is -3.73. The molecule has 4 nitrogen and oxygen atoms in total. The molecular formula is C9H7ClN2O2S. The SMILES string of the molecule is NS(=O)(=O)c1ccnc2cc(Cl)ccc12. The standard InChI is InChI=1S/C9H7ClN2O2S/c10-6-1-2-7-8(5-6)12-4-3-9(7)15(11,13)14/h1-5H,(H2,11,13,14). The molecule has 0 aliphatic heterocycles. The van der Waals surface area contributed by atoms with Crippen molar-refractivity contribution in [3.05, 3.63) is 35.5 Å². The third-order valence-electron chi connectivity index (χ3n) is 1.97. The molecule has 0 saturated carbocycles. The molecule has 2 N–H and O–H groups in total. The van der Waals surface area contributed by atoms with Crippen molar-refractivity contribution in [1.82, 2.24) is 4.98 Å². The van der Waals surface area contributed by atoms with Crippen LogP contribution in [-0.4, -0.2) is 13.4 Å². The fourth-order valence-electron chi connectivity index (χ4n) is 1.34. The quantitative estimate of drug-likeness (QED) is 0.824. The van der Waals surface area contributed by atoms with Crippen LogP contribution in [0.5, 0.6) is 0 Å². The van der Waals surface area contributed by atoms with E-state index in [-0.39, 0.29) is 4.90 Å². The first kappa shape index (κ1) is 10.4. The zero-order valence-corrected chi connectivity index (χ0v) is 9.09. The van der Waals surface area contributed by atoms with Gasteiger partial charge in [-0.3, -0.25) is 4.98 Å². The van der Waals surface area contributed by atoms with E-state index in [0.717, 1.165) is 0 Å². The second-order valence-electron chi connectivity index (χ2n) is 3.02. The van der Waals surface area contributed by atoms with Gasteiger partial charge in [-0.2, -0.15) is 0 Å². The molecule has 0 amide bonds. The molecule has 0 spiro atoms. The van der Waals surface area contributed by atoms with Crippen molar-refractivity contribution in [3.8, 4) is 0 Å². The monoisotopic (exact) mass is 242 g/mol. The lowest BCUT2D eigenvalue weighted by Gasteiger charge is -2.03. The van der Waals surface area contributed by atoms with Crippen LogP contribution in [0, 0.1) is 0 Å². The fourth-order valence-corrected chi connectivity index (χ4v) is 2.24. The summed E-state index contributed by atoms with van der Waals surface area (Å²) in [5.41, 5.74) is 0.508. The Kier molecular flexibility index (Phi) is 2.38. The molecule has 0 aliphatic carbocycles. The predicted molar refractivity (Wildman–Crippen MR) is 58.1 cm³/mol. The number of hydrogen-bond donors (Lipinski definition) is 1. The third-order valence-corrected chi connectivity index (χ3v) is 3.18. The predicted octanol–water partition coefficient (Wildman–Crippen LogP) is 1.54. The molecule has 0 aliphatic rings. The van der Waals surface area contributed by atoms with E-state index in [1.54, 1.807) is 18.2 Å². The van der Waals surface area contributed by atoms with Gasteiger partial charge in [0.1, 0.15) is 0 Å².